The number of nitrogens with zero attached hydrogens (tertiary/aromatic N) is 2. The Balaban J connectivity index is 2.06. The first-order chi connectivity index (χ1) is 10.2. The number of nitrogens with one attached hydrogen (secondary N) is 2. The molecule has 112 valence electrons. The fourth-order valence-corrected chi connectivity index (χ4v) is 2.29. The number of hydrogen-bond acceptors (Lipinski definition) is 5. The first-order valence-electron chi connectivity index (χ1n) is 6.31. The number of H-pyrrole nitrogens is 1. The maximum Gasteiger partial charge on any atom is 0.322 e. The number of carbonyl (C=O) groups is 1. The summed E-state index contributed by atoms with van der Waals surface area (Å²) in [7, 11) is 1.57. The molecule has 0 aliphatic carbocycles. The third kappa shape index (κ3) is 4.40. The second-order valence-electron chi connectivity index (χ2n) is 4.18. The van der Waals surface area contributed by atoms with E-state index in [1.807, 2.05) is 5.38 Å². The number of ether oxygens (including phenoxy) is 1. The third-order valence-corrected chi connectivity index (χ3v) is 3.49. The average molecular weight is 308 g/mol. The molecule has 7 nitrogen and oxygen atoms in total. The SMILES string of the molecule is COCCN(Cc1nccs1)C(=O)Nc1ccc[nH]c1=O. The molecule has 0 fully saturated rings. The molecule has 0 aliphatic rings. The van der Waals surface area contributed by atoms with Gasteiger partial charge in [-0.25, -0.2) is 9.78 Å². The number of urea groups is 1. The van der Waals surface area contributed by atoms with Gasteiger partial charge in [-0.05, 0) is 12.1 Å². The number of hydrogen-bond donors (Lipinski definition) is 2. The van der Waals surface area contributed by atoms with Crippen LogP contribution < -0.4 is 10.9 Å². The lowest BCUT2D eigenvalue weighted by atomic mass is 10.4. The molecule has 21 heavy (non-hydrogen) atoms. The van der Waals surface area contributed by atoms with Gasteiger partial charge in [-0.15, -0.1) is 11.3 Å². The number of aromatic nitrogens is 2. The van der Waals surface area contributed by atoms with Crippen LogP contribution in [0.15, 0.2) is 34.7 Å². The highest BCUT2D eigenvalue weighted by Gasteiger charge is 2.16. The van der Waals surface area contributed by atoms with Crippen molar-refractivity contribution in [3.8, 4) is 0 Å². The van der Waals surface area contributed by atoms with Gasteiger partial charge in [-0.1, -0.05) is 0 Å². The smallest absolute Gasteiger partial charge is 0.322 e. The average Bonchev–Trinajstić information content (AvgIpc) is 2.98. The summed E-state index contributed by atoms with van der Waals surface area (Å²) in [5, 5.41) is 5.27. The maximum absolute atomic E-state index is 12.3. The van der Waals surface area contributed by atoms with Crippen LogP contribution in [0.5, 0.6) is 0 Å². The molecule has 0 saturated carbocycles. The van der Waals surface area contributed by atoms with Crippen LogP contribution >= 0.6 is 11.3 Å². The molecule has 0 aliphatic heterocycles. The molecular weight excluding hydrogens is 292 g/mol. The van der Waals surface area contributed by atoms with Gasteiger partial charge in [0.2, 0.25) is 0 Å². The molecule has 2 N–H and O–H groups in total. The van der Waals surface area contributed by atoms with Gasteiger partial charge in [0.25, 0.3) is 5.56 Å². The standard InChI is InChI=1S/C13H16N4O3S/c1-20-7-6-17(9-11-14-5-8-21-11)13(19)16-10-3-2-4-15-12(10)18/h2-5,8H,6-7,9H2,1H3,(H,15,18)(H,16,19). The van der Waals surface area contributed by atoms with Crippen molar-refractivity contribution in [3.05, 3.63) is 45.3 Å². The van der Waals surface area contributed by atoms with Crippen molar-refractivity contribution in [2.24, 2.45) is 0 Å². The molecule has 0 atom stereocenters. The minimum absolute atomic E-state index is 0.212. The number of aromatic amines is 1. The molecule has 2 aromatic heterocycles. The van der Waals surface area contributed by atoms with Crippen LogP contribution in [0.1, 0.15) is 5.01 Å². The minimum Gasteiger partial charge on any atom is -0.383 e. The van der Waals surface area contributed by atoms with Crippen molar-refractivity contribution >= 4 is 23.1 Å². The Kier molecular flexibility index (Phi) is 5.47. The van der Waals surface area contributed by atoms with Crippen molar-refractivity contribution in [2.75, 3.05) is 25.6 Å². The quantitative estimate of drug-likeness (QED) is 0.847. The molecule has 0 spiro atoms. The van der Waals surface area contributed by atoms with E-state index in [0.717, 1.165) is 5.01 Å². The summed E-state index contributed by atoms with van der Waals surface area (Å²) >= 11 is 1.47. The van der Waals surface area contributed by atoms with Crippen LogP contribution in [0.3, 0.4) is 0 Å². The Morgan fingerprint density at radius 3 is 3.10 bits per heavy atom. The molecule has 2 aromatic rings. The molecule has 8 heteroatoms. The third-order valence-electron chi connectivity index (χ3n) is 2.72. The van der Waals surface area contributed by atoms with Gasteiger partial charge in [0.05, 0.1) is 13.2 Å². The van der Waals surface area contributed by atoms with E-state index >= 15 is 0 Å². The first kappa shape index (κ1) is 15.2. The van der Waals surface area contributed by atoms with Gasteiger partial charge in [-0.3, -0.25) is 4.79 Å². The second kappa shape index (κ2) is 7.55. The fraction of sp³-hybridized carbons (Fsp3) is 0.308. The monoisotopic (exact) mass is 308 g/mol. The predicted octanol–water partition coefficient (Wildman–Crippen LogP) is 1.51. The van der Waals surface area contributed by atoms with Crippen LogP contribution in [-0.4, -0.2) is 41.2 Å². The van der Waals surface area contributed by atoms with Crippen LogP contribution in [0.2, 0.25) is 0 Å². The Hall–Kier alpha value is -2.19. The maximum atomic E-state index is 12.3. The number of rotatable bonds is 6. The summed E-state index contributed by atoms with van der Waals surface area (Å²) in [5.41, 5.74) is -0.129. The molecule has 0 radical (unpaired) electrons. The Bertz CT molecular complexity index is 626. The largest absolute Gasteiger partial charge is 0.383 e. The summed E-state index contributed by atoms with van der Waals surface area (Å²) < 4.78 is 5.01. The Labute approximate surface area is 125 Å². The van der Waals surface area contributed by atoms with Crippen LogP contribution in [-0.2, 0) is 11.3 Å². The van der Waals surface area contributed by atoms with Crippen LogP contribution in [0.4, 0.5) is 10.5 Å². The van der Waals surface area contributed by atoms with Crippen molar-refractivity contribution in [1.29, 1.82) is 0 Å². The van der Waals surface area contributed by atoms with Crippen LogP contribution in [0, 0.1) is 0 Å². The van der Waals surface area contributed by atoms with Crippen molar-refractivity contribution in [3.63, 3.8) is 0 Å². The Morgan fingerprint density at radius 1 is 1.57 bits per heavy atom. The Morgan fingerprint density at radius 2 is 2.43 bits per heavy atom. The van der Waals surface area contributed by atoms with E-state index < -0.39 is 0 Å². The van der Waals surface area contributed by atoms with Gasteiger partial charge in [-0.2, -0.15) is 0 Å². The zero-order valence-electron chi connectivity index (χ0n) is 11.5. The molecule has 2 rings (SSSR count). The number of pyridine rings is 1. The molecule has 0 saturated heterocycles. The van der Waals surface area contributed by atoms with E-state index in [1.54, 1.807) is 30.3 Å². The fourth-order valence-electron chi connectivity index (χ4n) is 1.66. The van der Waals surface area contributed by atoms with Crippen molar-refractivity contribution in [1.82, 2.24) is 14.9 Å². The second-order valence-corrected chi connectivity index (χ2v) is 5.16. The summed E-state index contributed by atoms with van der Waals surface area (Å²) in [6, 6.07) is 2.84. The van der Waals surface area contributed by atoms with Gasteiger partial charge >= 0.3 is 6.03 Å². The number of anilines is 1. The number of amides is 2. The summed E-state index contributed by atoms with van der Waals surface area (Å²) in [4.78, 5) is 32.1. The van der Waals surface area contributed by atoms with Crippen molar-refractivity contribution < 1.29 is 9.53 Å². The van der Waals surface area contributed by atoms with E-state index in [0.29, 0.717) is 19.7 Å². The summed E-state index contributed by atoms with van der Waals surface area (Å²) in [6.07, 6.45) is 3.20. The summed E-state index contributed by atoms with van der Waals surface area (Å²) in [6.45, 7) is 1.19. The van der Waals surface area contributed by atoms with Crippen LogP contribution in [0.25, 0.3) is 0 Å². The van der Waals surface area contributed by atoms with Gasteiger partial charge < -0.3 is 19.9 Å². The first-order valence-corrected chi connectivity index (χ1v) is 7.19. The van der Waals surface area contributed by atoms with Gasteiger partial charge in [0.1, 0.15) is 10.7 Å². The number of methoxy groups -OCH3 is 1. The lowest BCUT2D eigenvalue weighted by molar-refractivity contribution is 0.152. The predicted molar refractivity (Wildman–Crippen MR) is 80.5 cm³/mol. The van der Waals surface area contributed by atoms with Gasteiger partial charge in [0.15, 0.2) is 0 Å². The highest BCUT2D eigenvalue weighted by molar-refractivity contribution is 7.09. The highest BCUT2D eigenvalue weighted by Crippen LogP contribution is 2.09. The zero-order valence-corrected chi connectivity index (χ0v) is 12.4. The van der Waals surface area contributed by atoms with E-state index in [-0.39, 0.29) is 17.3 Å². The summed E-state index contributed by atoms with van der Waals surface area (Å²) in [5.74, 6) is 0. The van der Waals surface area contributed by atoms with E-state index in [4.69, 9.17) is 4.74 Å². The molecule has 2 amide bonds. The lowest BCUT2D eigenvalue weighted by Crippen LogP contribution is -2.38. The van der Waals surface area contributed by atoms with E-state index in [1.165, 1.54) is 17.5 Å². The molecule has 2 heterocycles. The normalized spacial score (nSPS) is 10.3. The number of carbonyl (C=O) groups excluding carboxylic acids is 1. The topological polar surface area (TPSA) is 87.3 Å². The lowest BCUT2D eigenvalue weighted by Gasteiger charge is -2.21. The van der Waals surface area contributed by atoms with E-state index in [2.05, 4.69) is 15.3 Å². The van der Waals surface area contributed by atoms with Crippen molar-refractivity contribution in [2.45, 2.75) is 6.54 Å². The number of thiazole rings is 1. The van der Waals surface area contributed by atoms with Gasteiger partial charge in [0, 0.05) is 31.4 Å². The molecule has 0 bridgehead atoms. The van der Waals surface area contributed by atoms with E-state index in [9.17, 15) is 9.59 Å². The zero-order chi connectivity index (χ0) is 15.1. The molecule has 0 aromatic carbocycles. The minimum atomic E-state index is -0.362. The highest BCUT2D eigenvalue weighted by atomic mass is 32.1. The molecular formula is C13H16N4O3S. The molecule has 0 unspecified atom stereocenters.